The molecule has 0 bridgehead atoms. The lowest BCUT2D eigenvalue weighted by Crippen LogP contribution is -2.15. The summed E-state index contributed by atoms with van der Waals surface area (Å²) in [4.78, 5) is 21.9. The first kappa shape index (κ1) is 41.7. The van der Waals surface area contributed by atoms with Crippen molar-refractivity contribution in [1.82, 2.24) is 0 Å². The molecule has 0 amide bonds. The van der Waals surface area contributed by atoms with E-state index in [-0.39, 0.29) is 25.4 Å². The number of hydrogen-bond acceptors (Lipinski definition) is 10. The Balaban J connectivity index is 3.09. The molecule has 0 radical (unpaired) electrons. The van der Waals surface area contributed by atoms with Crippen molar-refractivity contribution in [2.45, 2.75) is 96.8 Å². The summed E-state index contributed by atoms with van der Waals surface area (Å²) in [7, 11) is 0. The fourth-order valence-electron chi connectivity index (χ4n) is 3.95. The molecule has 0 aliphatic heterocycles. The molecular weight excluding hydrogens is 560 g/mol. The molecule has 0 aliphatic carbocycles. The molecule has 11 nitrogen and oxygen atoms in total. The van der Waals surface area contributed by atoms with Gasteiger partial charge in [-0.25, -0.2) is 0 Å². The van der Waals surface area contributed by atoms with E-state index in [4.69, 9.17) is 43.0 Å². The molecule has 0 aromatic carbocycles. The van der Waals surface area contributed by atoms with Gasteiger partial charge in [-0.2, -0.15) is 0 Å². The minimum absolute atomic E-state index is 0.0675. The Labute approximate surface area is 260 Å². The fourth-order valence-corrected chi connectivity index (χ4v) is 3.95. The second-order valence-corrected chi connectivity index (χ2v) is 10.3. The second-order valence-electron chi connectivity index (χ2n) is 10.3. The van der Waals surface area contributed by atoms with Gasteiger partial charge in [-0.05, 0) is 19.3 Å². The topological polar surface area (TPSA) is 128 Å². The van der Waals surface area contributed by atoms with Gasteiger partial charge in [0, 0.05) is 19.4 Å². The van der Waals surface area contributed by atoms with Gasteiger partial charge in [-0.1, -0.05) is 64.7 Å². The molecule has 0 rings (SSSR count). The lowest BCUT2D eigenvalue weighted by molar-refractivity contribution is -0.146. The van der Waals surface area contributed by atoms with Crippen LogP contribution >= 0.6 is 0 Å². The summed E-state index contributed by atoms with van der Waals surface area (Å²) in [5.41, 5.74) is 0. The van der Waals surface area contributed by atoms with Gasteiger partial charge >= 0.3 is 11.9 Å². The molecule has 0 fully saturated rings. The van der Waals surface area contributed by atoms with Crippen LogP contribution in [0.3, 0.4) is 0 Å². The van der Waals surface area contributed by atoms with Gasteiger partial charge in [-0.15, -0.1) is 0 Å². The Morgan fingerprint density at radius 1 is 0.395 bits per heavy atom. The summed E-state index contributed by atoms with van der Waals surface area (Å²) >= 11 is 0. The SMILES string of the molecule is CCCCCCCCCCCCOCCOCCOCCOCCOCCOCCOCCOC(=O)CCCCC(=O)O. The van der Waals surface area contributed by atoms with Crippen molar-refractivity contribution in [3.05, 3.63) is 0 Å². The molecule has 0 heterocycles. The van der Waals surface area contributed by atoms with Crippen molar-refractivity contribution in [3.8, 4) is 0 Å². The second kappa shape index (κ2) is 36.8. The third kappa shape index (κ3) is 38.6. The van der Waals surface area contributed by atoms with Crippen LogP contribution in [0.25, 0.3) is 0 Å². The van der Waals surface area contributed by atoms with E-state index in [0.717, 1.165) is 13.0 Å². The number of carbonyl (C=O) groups is 2. The number of carboxylic acid groups (broad SMARTS) is 1. The number of hydrogen-bond donors (Lipinski definition) is 1. The van der Waals surface area contributed by atoms with E-state index in [1.54, 1.807) is 0 Å². The van der Waals surface area contributed by atoms with Crippen LogP contribution in [0.5, 0.6) is 0 Å². The standard InChI is InChI=1S/C32H62O11/c1-2-3-4-5-6-7-8-9-10-13-16-36-17-18-37-19-20-38-21-22-39-23-24-40-25-26-41-27-28-42-29-30-43-32(35)15-12-11-14-31(33)34/h2-30H2,1H3,(H,33,34). The van der Waals surface area contributed by atoms with Crippen molar-refractivity contribution >= 4 is 11.9 Å². The maximum atomic E-state index is 11.5. The maximum absolute atomic E-state index is 11.5. The number of ether oxygens (including phenoxy) is 8. The van der Waals surface area contributed by atoms with Gasteiger partial charge in [0.05, 0.1) is 85.9 Å². The zero-order valence-corrected chi connectivity index (χ0v) is 27.0. The zero-order chi connectivity index (χ0) is 31.3. The average Bonchev–Trinajstić information content (AvgIpc) is 2.99. The molecule has 0 aromatic heterocycles. The third-order valence-corrected chi connectivity index (χ3v) is 6.39. The normalized spacial score (nSPS) is 11.3. The van der Waals surface area contributed by atoms with E-state index in [1.165, 1.54) is 57.8 Å². The van der Waals surface area contributed by atoms with Gasteiger partial charge < -0.3 is 43.0 Å². The van der Waals surface area contributed by atoms with Crippen molar-refractivity contribution in [2.24, 2.45) is 0 Å². The predicted molar refractivity (Wildman–Crippen MR) is 165 cm³/mol. The van der Waals surface area contributed by atoms with Crippen LogP contribution in [0.1, 0.15) is 96.8 Å². The van der Waals surface area contributed by atoms with Crippen LogP contribution in [-0.4, -0.2) is 116 Å². The van der Waals surface area contributed by atoms with E-state index in [9.17, 15) is 9.59 Å². The molecule has 0 aromatic rings. The van der Waals surface area contributed by atoms with Crippen LogP contribution in [0, 0.1) is 0 Å². The maximum Gasteiger partial charge on any atom is 0.305 e. The highest BCUT2D eigenvalue weighted by Crippen LogP contribution is 2.10. The molecule has 0 spiro atoms. The van der Waals surface area contributed by atoms with Gasteiger partial charge in [0.1, 0.15) is 6.61 Å². The Morgan fingerprint density at radius 3 is 1.12 bits per heavy atom. The first-order chi connectivity index (χ1) is 21.2. The Bertz CT molecular complexity index is 578. The number of carbonyl (C=O) groups excluding carboxylic acids is 1. The van der Waals surface area contributed by atoms with E-state index in [2.05, 4.69) is 6.92 Å². The monoisotopic (exact) mass is 622 g/mol. The molecule has 43 heavy (non-hydrogen) atoms. The van der Waals surface area contributed by atoms with Gasteiger partial charge in [-0.3, -0.25) is 9.59 Å². The van der Waals surface area contributed by atoms with Crippen LogP contribution in [-0.2, 0) is 47.5 Å². The number of rotatable bonds is 37. The summed E-state index contributed by atoms with van der Waals surface area (Å²) in [6, 6.07) is 0. The summed E-state index contributed by atoms with van der Waals surface area (Å²) in [5.74, 6) is -1.19. The van der Waals surface area contributed by atoms with Crippen molar-refractivity contribution in [2.75, 3.05) is 99.1 Å². The number of esters is 1. The lowest BCUT2D eigenvalue weighted by Gasteiger charge is -2.09. The minimum Gasteiger partial charge on any atom is -0.481 e. The first-order valence-electron chi connectivity index (χ1n) is 16.6. The Hall–Kier alpha value is -1.34. The zero-order valence-electron chi connectivity index (χ0n) is 27.0. The minimum atomic E-state index is -0.856. The smallest absolute Gasteiger partial charge is 0.305 e. The predicted octanol–water partition coefficient (Wildman–Crippen LogP) is 5.21. The number of carboxylic acids is 1. The Morgan fingerprint density at radius 2 is 0.721 bits per heavy atom. The lowest BCUT2D eigenvalue weighted by atomic mass is 10.1. The van der Waals surface area contributed by atoms with Crippen LogP contribution < -0.4 is 0 Å². The highest BCUT2D eigenvalue weighted by Gasteiger charge is 2.04. The van der Waals surface area contributed by atoms with Gasteiger partial charge in [0.15, 0.2) is 0 Å². The summed E-state index contributed by atoms with van der Waals surface area (Å²) in [6.45, 7) is 9.67. The van der Waals surface area contributed by atoms with Crippen molar-refractivity contribution in [1.29, 1.82) is 0 Å². The molecule has 0 saturated carbocycles. The molecular formula is C32H62O11. The molecule has 1 N–H and O–H groups in total. The average molecular weight is 623 g/mol. The molecule has 0 unspecified atom stereocenters. The van der Waals surface area contributed by atoms with Gasteiger partial charge in [0.25, 0.3) is 0 Å². The third-order valence-electron chi connectivity index (χ3n) is 6.39. The molecule has 0 aliphatic rings. The fraction of sp³-hybridized carbons (Fsp3) is 0.938. The van der Waals surface area contributed by atoms with Crippen molar-refractivity contribution < 1.29 is 52.6 Å². The van der Waals surface area contributed by atoms with Crippen LogP contribution in [0.2, 0.25) is 0 Å². The largest absolute Gasteiger partial charge is 0.481 e. The number of unbranched alkanes of at least 4 members (excludes halogenated alkanes) is 10. The highest BCUT2D eigenvalue weighted by atomic mass is 16.6. The Kier molecular flexibility index (Phi) is 35.7. The highest BCUT2D eigenvalue weighted by molar-refractivity contribution is 5.69. The summed E-state index contributed by atoms with van der Waals surface area (Å²) in [5, 5.41) is 8.54. The molecule has 11 heteroatoms. The summed E-state index contributed by atoms with van der Waals surface area (Å²) < 4.78 is 43.3. The van der Waals surface area contributed by atoms with E-state index >= 15 is 0 Å². The number of aliphatic carboxylic acids is 1. The van der Waals surface area contributed by atoms with E-state index in [1.807, 2.05) is 0 Å². The quantitative estimate of drug-likeness (QED) is 0.0724. The molecule has 0 atom stereocenters. The van der Waals surface area contributed by atoms with Gasteiger partial charge in [0.2, 0.25) is 0 Å². The first-order valence-corrected chi connectivity index (χ1v) is 16.6. The molecule has 0 saturated heterocycles. The van der Waals surface area contributed by atoms with E-state index in [0.29, 0.717) is 98.7 Å². The van der Waals surface area contributed by atoms with E-state index < -0.39 is 5.97 Å². The summed E-state index contributed by atoms with van der Waals surface area (Å²) in [6.07, 6.45) is 14.6. The van der Waals surface area contributed by atoms with Crippen molar-refractivity contribution in [3.63, 3.8) is 0 Å². The molecule has 256 valence electrons. The van der Waals surface area contributed by atoms with Crippen LogP contribution in [0.15, 0.2) is 0 Å². The van der Waals surface area contributed by atoms with Crippen LogP contribution in [0.4, 0.5) is 0 Å².